The molecule has 126 valence electrons. The first-order valence-electron chi connectivity index (χ1n) is 8.19. The molecular weight excluding hydrogens is 279 g/mol. The number of likely N-dealkylation sites (N-methyl/N-ethyl adjacent to an activating group) is 1. The summed E-state index contributed by atoms with van der Waals surface area (Å²) >= 11 is 0. The summed E-state index contributed by atoms with van der Waals surface area (Å²) in [6.07, 6.45) is -0.633. The first kappa shape index (κ1) is 18.8. The number of nitrogens with one attached hydrogen (secondary N) is 1. The molecule has 0 unspecified atom stereocenters. The van der Waals surface area contributed by atoms with Crippen molar-refractivity contribution in [2.24, 2.45) is 11.8 Å². The van der Waals surface area contributed by atoms with E-state index in [0.717, 1.165) is 44.7 Å². The molecule has 0 saturated heterocycles. The Morgan fingerprint density at radius 1 is 1.24 bits per heavy atom. The van der Waals surface area contributed by atoms with Crippen LogP contribution in [0.25, 0.3) is 0 Å². The zero-order valence-corrected chi connectivity index (χ0v) is 13.6. The highest BCUT2D eigenvalue weighted by Gasteiger charge is 2.37. The van der Waals surface area contributed by atoms with Crippen molar-refractivity contribution in [3.8, 4) is 0 Å². The molecule has 0 bridgehead atoms. The molecule has 0 radical (unpaired) electrons. The Hall–Kier alpha value is -0.290. The monoisotopic (exact) mass is 309 g/mol. The Bertz CT molecular complexity index is 284. The van der Waals surface area contributed by atoms with Gasteiger partial charge in [0.2, 0.25) is 0 Å². The van der Waals surface area contributed by atoms with E-state index in [1.165, 1.54) is 0 Å². The van der Waals surface area contributed by atoms with E-state index in [4.69, 9.17) is 4.74 Å². The second kappa shape index (κ2) is 8.37. The first-order valence-corrected chi connectivity index (χ1v) is 8.19. The quantitative estimate of drug-likeness (QED) is 0.665. The lowest BCUT2D eigenvalue weighted by Gasteiger charge is -2.41. The van der Waals surface area contributed by atoms with Crippen LogP contribution < -0.4 is 5.32 Å². The van der Waals surface area contributed by atoms with Gasteiger partial charge >= 0.3 is 6.18 Å². The van der Waals surface area contributed by atoms with Crippen LogP contribution in [0.15, 0.2) is 0 Å². The van der Waals surface area contributed by atoms with Gasteiger partial charge in [-0.25, -0.2) is 0 Å². The van der Waals surface area contributed by atoms with Gasteiger partial charge in [-0.2, -0.15) is 13.2 Å². The van der Waals surface area contributed by atoms with Crippen LogP contribution in [0.2, 0.25) is 0 Å². The van der Waals surface area contributed by atoms with Crippen LogP contribution >= 0.6 is 0 Å². The molecule has 2 nitrogen and oxygen atoms in total. The van der Waals surface area contributed by atoms with Gasteiger partial charge in [-0.3, -0.25) is 0 Å². The van der Waals surface area contributed by atoms with E-state index in [1.807, 2.05) is 6.92 Å². The lowest BCUT2D eigenvalue weighted by atomic mass is 9.74. The summed E-state index contributed by atoms with van der Waals surface area (Å²) in [5.74, 6) is 1.39. The van der Waals surface area contributed by atoms with Crippen molar-refractivity contribution < 1.29 is 17.9 Å². The molecule has 1 aliphatic rings. The topological polar surface area (TPSA) is 21.3 Å². The normalized spacial score (nSPS) is 27.3. The molecule has 0 spiro atoms. The number of hydrogen-bond acceptors (Lipinski definition) is 2. The summed E-state index contributed by atoms with van der Waals surface area (Å²) < 4.78 is 42.5. The fourth-order valence-corrected chi connectivity index (χ4v) is 3.12. The average Bonchev–Trinajstić information content (AvgIpc) is 2.41. The molecule has 1 N–H and O–H groups in total. The number of rotatable bonds is 8. The van der Waals surface area contributed by atoms with Gasteiger partial charge in [-0.1, -0.05) is 20.8 Å². The summed E-state index contributed by atoms with van der Waals surface area (Å²) in [5.41, 5.74) is -0.257. The zero-order valence-electron chi connectivity index (χ0n) is 13.6. The van der Waals surface area contributed by atoms with Crippen molar-refractivity contribution >= 4 is 0 Å². The Morgan fingerprint density at radius 2 is 1.86 bits per heavy atom. The molecule has 1 fully saturated rings. The van der Waals surface area contributed by atoms with E-state index in [1.54, 1.807) is 0 Å². The predicted octanol–water partition coefficient (Wildman–Crippen LogP) is 4.54. The molecular formula is C16H30F3NO. The molecule has 0 heterocycles. The van der Waals surface area contributed by atoms with Crippen molar-refractivity contribution in [2.75, 3.05) is 19.7 Å². The van der Waals surface area contributed by atoms with E-state index >= 15 is 0 Å². The van der Waals surface area contributed by atoms with Crippen molar-refractivity contribution in [3.63, 3.8) is 0 Å². The summed E-state index contributed by atoms with van der Waals surface area (Å²) in [6.45, 7) is 8.34. The van der Waals surface area contributed by atoms with Crippen molar-refractivity contribution in [3.05, 3.63) is 0 Å². The fraction of sp³-hybridized carbons (Fsp3) is 1.00. The number of hydrogen-bond donors (Lipinski definition) is 1. The predicted molar refractivity (Wildman–Crippen MR) is 79.3 cm³/mol. The van der Waals surface area contributed by atoms with E-state index in [-0.39, 0.29) is 18.6 Å². The van der Waals surface area contributed by atoms with Crippen LogP contribution in [0, 0.1) is 11.8 Å². The molecule has 1 aliphatic carbocycles. The average molecular weight is 309 g/mol. The first-order chi connectivity index (χ1) is 9.78. The lowest BCUT2D eigenvalue weighted by molar-refractivity contribution is -0.144. The third kappa shape index (κ3) is 7.00. The van der Waals surface area contributed by atoms with Gasteiger partial charge in [-0.15, -0.1) is 0 Å². The zero-order chi connectivity index (χ0) is 15.9. The third-order valence-electron chi connectivity index (χ3n) is 4.59. The fourth-order valence-electron chi connectivity index (χ4n) is 3.12. The summed E-state index contributed by atoms with van der Waals surface area (Å²) in [7, 11) is 0. The van der Waals surface area contributed by atoms with Crippen LogP contribution in [0.1, 0.15) is 59.3 Å². The Balaban J connectivity index is 2.44. The van der Waals surface area contributed by atoms with Crippen molar-refractivity contribution in [1.82, 2.24) is 5.32 Å². The van der Waals surface area contributed by atoms with Crippen molar-refractivity contribution in [2.45, 2.75) is 71.1 Å². The number of ether oxygens (including phenoxy) is 1. The smallest absolute Gasteiger partial charge is 0.374 e. The maximum Gasteiger partial charge on any atom is 0.389 e. The van der Waals surface area contributed by atoms with Crippen LogP contribution in [0.3, 0.4) is 0 Å². The molecule has 0 amide bonds. The van der Waals surface area contributed by atoms with Crippen molar-refractivity contribution in [1.29, 1.82) is 0 Å². The standard InChI is InChI=1S/C16H30F3NO/c1-4-20-12-15(21-11-5-8-16(17,18)19)9-6-14(7-10-15)13(2)3/h13-14,20H,4-12H2,1-3H3. The van der Waals surface area contributed by atoms with Crippen LogP contribution in [0.5, 0.6) is 0 Å². The van der Waals surface area contributed by atoms with Gasteiger partial charge in [0, 0.05) is 19.6 Å². The highest BCUT2D eigenvalue weighted by atomic mass is 19.4. The second-order valence-electron chi connectivity index (χ2n) is 6.61. The van der Waals surface area contributed by atoms with Gasteiger partial charge in [0.15, 0.2) is 0 Å². The van der Waals surface area contributed by atoms with Gasteiger partial charge in [-0.05, 0) is 50.5 Å². The summed E-state index contributed by atoms with van der Waals surface area (Å²) in [4.78, 5) is 0. The Kier molecular flexibility index (Phi) is 7.48. The lowest BCUT2D eigenvalue weighted by Crippen LogP contribution is -2.46. The summed E-state index contributed by atoms with van der Waals surface area (Å²) in [6, 6.07) is 0. The second-order valence-corrected chi connectivity index (χ2v) is 6.61. The maximum atomic E-state index is 12.2. The molecule has 21 heavy (non-hydrogen) atoms. The Morgan fingerprint density at radius 3 is 2.33 bits per heavy atom. The van der Waals surface area contributed by atoms with Gasteiger partial charge in [0.25, 0.3) is 0 Å². The summed E-state index contributed by atoms with van der Waals surface area (Å²) in [5, 5.41) is 3.31. The van der Waals surface area contributed by atoms with Crippen LogP contribution in [-0.4, -0.2) is 31.5 Å². The maximum absolute atomic E-state index is 12.2. The minimum atomic E-state index is -4.08. The molecule has 0 aliphatic heterocycles. The molecule has 0 aromatic carbocycles. The van der Waals surface area contributed by atoms with E-state index in [0.29, 0.717) is 5.92 Å². The molecule has 5 heteroatoms. The van der Waals surface area contributed by atoms with Gasteiger partial charge < -0.3 is 10.1 Å². The van der Waals surface area contributed by atoms with Gasteiger partial charge in [0.1, 0.15) is 0 Å². The Labute approximate surface area is 126 Å². The highest BCUT2D eigenvalue weighted by molar-refractivity contribution is 4.90. The number of halogens is 3. The number of alkyl halides is 3. The van der Waals surface area contributed by atoms with Crippen LogP contribution in [-0.2, 0) is 4.74 Å². The molecule has 0 aromatic heterocycles. The molecule has 1 saturated carbocycles. The van der Waals surface area contributed by atoms with Crippen LogP contribution in [0.4, 0.5) is 13.2 Å². The van der Waals surface area contributed by atoms with Gasteiger partial charge in [0.05, 0.1) is 5.60 Å². The molecule has 0 atom stereocenters. The van der Waals surface area contributed by atoms with E-state index < -0.39 is 12.6 Å². The highest BCUT2D eigenvalue weighted by Crippen LogP contribution is 2.38. The largest absolute Gasteiger partial charge is 0.389 e. The van der Waals surface area contributed by atoms with E-state index in [2.05, 4.69) is 19.2 Å². The SMILES string of the molecule is CCNCC1(OCCCC(F)(F)F)CCC(C(C)C)CC1. The minimum Gasteiger partial charge on any atom is -0.374 e. The molecule has 1 rings (SSSR count). The minimum absolute atomic E-state index is 0.0605. The molecule has 0 aromatic rings. The van der Waals surface area contributed by atoms with E-state index in [9.17, 15) is 13.2 Å². The third-order valence-corrected chi connectivity index (χ3v) is 4.59.